The summed E-state index contributed by atoms with van der Waals surface area (Å²) in [7, 11) is 3.42. The van der Waals surface area contributed by atoms with Gasteiger partial charge in [-0.25, -0.2) is 5.84 Å². The van der Waals surface area contributed by atoms with E-state index < -0.39 is 0 Å². The first kappa shape index (κ1) is 12.4. The van der Waals surface area contributed by atoms with E-state index in [1.54, 1.807) is 0 Å². The van der Waals surface area contributed by atoms with Crippen molar-refractivity contribution in [3.8, 4) is 6.01 Å². The van der Waals surface area contributed by atoms with Crippen molar-refractivity contribution in [2.24, 2.45) is 5.84 Å². The molecular weight excluding hydrogens is 208 g/mol. The molecule has 0 saturated carbocycles. The third-order valence-corrected chi connectivity index (χ3v) is 2.48. The standard InChI is InChI=1S/C9H18N6O/c1-5-6(2)15(3)8-11-7(14-10)12-9(13-8)16-4/h6H,5,10H2,1-4H3,(H,11,12,13,14). The fourth-order valence-corrected chi connectivity index (χ4v) is 1.13. The van der Waals surface area contributed by atoms with Crippen molar-refractivity contribution in [2.45, 2.75) is 26.3 Å². The number of anilines is 2. The van der Waals surface area contributed by atoms with Crippen LogP contribution in [0.25, 0.3) is 0 Å². The summed E-state index contributed by atoms with van der Waals surface area (Å²) in [6, 6.07) is 0.575. The molecule has 90 valence electrons. The lowest BCUT2D eigenvalue weighted by Gasteiger charge is -2.23. The van der Waals surface area contributed by atoms with Crippen LogP contribution in [0.1, 0.15) is 20.3 Å². The summed E-state index contributed by atoms with van der Waals surface area (Å²) in [5, 5.41) is 0. The van der Waals surface area contributed by atoms with Crippen molar-refractivity contribution >= 4 is 11.9 Å². The van der Waals surface area contributed by atoms with Gasteiger partial charge in [0.1, 0.15) is 0 Å². The quantitative estimate of drug-likeness (QED) is 0.555. The number of nitrogens with zero attached hydrogens (tertiary/aromatic N) is 4. The molecule has 0 bridgehead atoms. The summed E-state index contributed by atoms with van der Waals surface area (Å²) in [5.74, 6) is 6.10. The van der Waals surface area contributed by atoms with E-state index in [2.05, 4.69) is 34.2 Å². The first-order valence-electron chi connectivity index (χ1n) is 5.11. The van der Waals surface area contributed by atoms with Gasteiger partial charge in [0.25, 0.3) is 0 Å². The topological polar surface area (TPSA) is 89.2 Å². The maximum atomic E-state index is 5.27. The number of nitrogen functional groups attached to an aromatic ring is 1. The van der Waals surface area contributed by atoms with Crippen LogP contribution in [0.3, 0.4) is 0 Å². The molecule has 1 unspecified atom stereocenters. The SMILES string of the molecule is CCC(C)N(C)c1nc(NN)nc(OC)n1. The van der Waals surface area contributed by atoms with Gasteiger partial charge in [-0.2, -0.15) is 15.0 Å². The number of aromatic nitrogens is 3. The van der Waals surface area contributed by atoms with E-state index in [9.17, 15) is 0 Å². The number of methoxy groups -OCH3 is 1. The van der Waals surface area contributed by atoms with Gasteiger partial charge in [0.05, 0.1) is 7.11 Å². The molecule has 0 aliphatic heterocycles. The molecule has 7 nitrogen and oxygen atoms in total. The van der Waals surface area contributed by atoms with Crippen molar-refractivity contribution in [2.75, 3.05) is 24.5 Å². The second-order valence-electron chi connectivity index (χ2n) is 3.46. The average Bonchev–Trinajstić information content (AvgIpc) is 2.35. The van der Waals surface area contributed by atoms with Crippen LogP contribution in [0.4, 0.5) is 11.9 Å². The molecule has 0 amide bonds. The van der Waals surface area contributed by atoms with Gasteiger partial charge in [-0.15, -0.1) is 0 Å². The molecule has 3 N–H and O–H groups in total. The molecule has 1 heterocycles. The third-order valence-electron chi connectivity index (χ3n) is 2.48. The van der Waals surface area contributed by atoms with E-state index >= 15 is 0 Å². The molecule has 0 saturated heterocycles. The number of hydrazine groups is 1. The van der Waals surface area contributed by atoms with Gasteiger partial charge in [0.2, 0.25) is 11.9 Å². The number of rotatable bonds is 5. The predicted octanol–water partition coefficient (Wildman–Crippen LogP) is 0.401. The molecule has 7 heteroatoms. The van der Waals surface area contributed by atoms with Crippen LogP contribution in [-0.4, -0.2) is 35.2 Å². The molecule has 0 radical (unpaired) electrons. The Hall–Kier alpha value is -1.63. The van der Waals surface area contributed by atoms with Crippen LogP contribution in [0.15, 0.2) is 0 Å². The van der Waals surface area contributed by atoms with Gasteiger partial charge in [-0.1, -0.05) is 6.92 Å². The van der Waals surface area contributed by atoms with E-state index in [0.29, 0.717) is 12.0 Å². The smallest absolute Gasteiger partial charge is 0.322 e. The summed E-state index contributed by atoms with van der Waals surface area (Å²) in [6.07, 6.45) is 0.996. The first-order valence-corrected chi connectivity index (χ1v) is 5.11. The summed E-state index contributed by atoms with van der Waals surface area (Å²) < 4.78 is 4.98. The molecule has 0 aromatic carbocycles. The molecule has 1 aromatic heterocycles. The molecule has 1 aromatic rings. The molecule has 1 atom stereocenters. The Bertz CT molecular complexity index is 323. The summed E-state index contributed by atoms with van der Waals surface area (Å²) in [5.41, 5.74) is 2.38. The molecular formula is C9H18N6O. The second-order valence-corrected chi connectivity index (χ2v) is 3.46. The van der Waals surface area contributed by atoms with Crippen LogP contribution in [0.5, 0.6) is 6.01 Å². The Labute approximate surface area is 95.0 Å². The Morgan fingerprint density at radius 3 is 2.62 bits per heavy atom. The number of hydrogen-bond donors (Lipinski definition) is 2. The largest absolute Gasteiger partial charge is 0.467 e. The van der Waals surface area contributed by atoms with Crippen LogP contribution < -0.4 is 20.9 Å². The number of nitrogens with two attached hydrogens (primary N) is 1. The van der Waals surface area contributed by atoms with Crippen LogP contribution in [-0.2, 0) is 0 Å². The molecule has 0 aliphatic carbocycles. The summed E-state index contributed by atoms with van der Waals surface area (Å²) >= 11 is 0. The van der Waals surface area contributed by atoms with Crippen LogP contribution in [0, 0.1) is 0 Å². The van der Waals surface area contributed by atoms with Gasteiger partial charge in [0, 0.05) is 13.1 Å². The molecule has 16 heavy (non-hydrogen) atoms. The van der Waals surface area contributed by atoms with Gasteiger partial charge < -0.3 is 9.64 Å². The van der Waals surface area contributed by atoms with Crippen molar-refractivity contribution < 1.29 is 4.74 Å². The lowest BCUT2D eigenvalue weighted by Crippen LogP contribution is -2.30. The lowest BCUT2D eigenvalue weighted by molar-refractivity contribution is 0.378. The average molecular weight is 226 g/mol. The van der Waals surface area contributed by atoms with Crippen molar-refractivity contribution in [3.63, 3.8) is 0 Å². The Morgan fingerprint density at radius 1 is 1.44 bits per heavy atom. The van der Waals surface area contributed by atoms with Gasteiger partial charge in [-0.05, 0) is 13.3 Å². The highest BCUT2D eigenvalue weighted by Gasteiger charge is 2.14. The van der Waals surface area contributed by atoms with Crippen LogP contribution in [0.2, 0.25) is 0 Å². The fraction of sp³-hybridized carbons (Fsp3) is 0.667. The fourth-order valence-electron chi connectivity index (χ4n) is 1.13. The zero-order valence-corrected chi connectivity index (χ0v) is 10.1. The van der Waals surface area contributed by atoms with Crippen molar-refractivity contribution in [3.05, 3.63) is 0 Å². The monoisotopic (exact) mass is 226 g/mol. The minimum atomic E-state index is 0.244. The molecule has 1 rings (SSSR count). The Kier molecular flexibility index (Phi) is 4.24. The maximum Gasteiger partial charge on any atom is 0.322 e. The van der Waals surface area contributed by atoms with E-state index in [-0.39, 0.29) is 12.0 Å². The molecule has 0 spiro atoms. The van der Waals surface area contributed by atoms with Crippen molar-refractivity contribution in [1.82, 2.24) is 15.0 Å². The predicted molar refractivity (Wildman–Crippen MR) is 62.3 cm³/mol. The second kappa shape index (κ2) is 5.45. The maximum absolute atomic E-state index is 5.27. The third kappa shape index (κ3) is 2.69. The van der Waals surface area contributed by atoms with Gasteiger partial charge in [0.15, 0.2) is 0 Å². The lowest BCUT2D eigenvalue weighted by atomic mass is 10.2. The zero-order valence-electron chi connectivity index (χ0n) is 10.1. The van der Waals surface area contributed by atoms with E-state index in [0.717, 1.165) is 6.42 Å². The van der Waals surface area contributed by atoms with Gasteiger partial charge in [-0.3, -0.25) is 5.43 Å². The highest BCUT2D eigenvalue weighted by molar-refractivity contribution is 5.37. The number of nitrogens with one attached hydrogen (secondary N) is 1. The highest BCUT2D eigenvalue weighted by Crippen LogP contribution is 2.15. The number of hydrogen-bond acceptors (Lipinski definition) is 7. The highest BCUT2D eigenvalue weighted by atomic mass is 16.5. The molecule has 0 fully saturated rings. The zero-order chi connectivity index (χ0) is 12.1. The van der Waals surface area contributed by atoms with Crippen molar-refractivity contribution in [1.29, 1.82) is 0 Å². The van der Waals surface area contributed by atoms with Crippen LogP contribution >= 0.6 is 0 Å². The Morgan fingerprint density at radius 2 is 2.12 bits per heavy atom. The Balaban J connectivity index is 3.02. The minimum absolute atomic E-state index is 0.244. The minimum Gasteiger partial charge on any atom is -0.467 e. The first-order chi connectivity index (χ1) is 7.62. The summed E-state index contributed by atoms with van der Waals surface area (Å²) in [6.45, 7) is 4.19. The van der Waals surface area contributed by atoms with E-state index in [4.69, 9.17) is 10.6 Å². The van der Waals surface area contributed by atoms with E-state index in [1.807, 2.05) is 11.9 Å². The normalized spacial score (nSPS) is 12.1. The van der Waals surface area contributed by atoms with Gasteiger partial charge >= 0.3 is 6.01 Å². The van der Waals surface area contributed by atoms with E-state index in [1.165, 1.54) is 7.11 Å². The molecule has 0 aliphatic rings. The number of ether oxygens (including phenoxy) is 1. The summed E-state index contributed by atoms with van der Waals surface area (Å²) in [4.78, 5) is 14.2.